The second kappa shape index (κ2) is 6.40. The molecule has 2 aromatic carbocycles. The molecule has 0 radical (unpaired) electrons. The lowest BCUT2D eigenvalue weighted by Gasteiger charge is -2.25. The van der Waals surface area contributed by atoms with Gasteiger partial charge in [-0.2, -0.15) is 0 Å². The molecule has 0 aliphatic carbocycles. The summed E-state index contributed by atoms with van der Waals surface area (Å²) in [6.07, 6.45) is -0.834. The number of fused-ring (bicyclic) bond motifs is 2. The minimum Gasteiger partial charge on any atom is -0.485 e. The van der Waals surface area contributed by atoms with Crippen molar-refractivity contribution in [3.8, 4) is 11.5 Å². The summed E-state index contributed by atoms with van der Waals surface area (Å²) in [7, 11) is 0. The van der Waals surface area contributed by atoms with Crippen molar-refractivity contribution in [3.05, 3.63) is 53.5 Å². The number of aromatic nitrogens is 1. The summed E-state index contributed by atoms with van der Waals surface area (Å²) in [6.45, 7) is 0.0749. The summed E-state index contributed by atoms with van der Waals surface area (Å²) < 4.78 is 12.0. The fraction of sp³-hybridized carbons (Fsp3) is 0.118. The Kier molecular flexibility index (Phi) is 3.95. The number of rotatable bonds is 2. The second-order valence-corrected chi connectivity index (χ2v) is 6.23. The topological polar surface area (TPSA) is 89.6 Å². The summed E-state index contributed by atoms with van der Waals surface area (Å²) >= 11 is 1.44. The Labute approximate surface area is 146 Å². The zero-order chi connectivity index (χ0) is 17.2. The van der Waals surface area contributed by atoms with E-state index in [4.69, 9.17) is 9.47 Å². The monoisotopic (exact) mass is 355 g/mol. The van der Waals surface area contributed by atoms with Gasteiger partial charge in [-0.05, 0) is 30.3 Å². The van der Waals surface area contributed by atoms with E-state index in [2.05, 4.69) is 15.8 Å². The molecule has 7 nitrogen and oxygen atoms in total. The van der Waals surface area contributed by atoms with Gasteiger partial charge in [0, 0.05) is 5.56 Å². The third kappa shape index (κ3) is 3.11. The number of carbonyl (C=O) groups is 2. The number of amides is 2. The van der Waals surface area contributed by atoms with Crippen LogP contribution in [0.1, 0.15) is 10.4 Å². The number of para-hydroxylation sites is 2. The highest BCUT2D eigenvalue weighted by Gasteiger charge is 2.27. The van der Waals surface area contributed by atoms with E-state index in [0.29, 0.717) is 17.1 Å². The molecule has 3 aromatic rings. The van der Waals surface area contributed by atoms with Gasteiger partial charge in [0.25, 0.3) is 11.8 Å². The van der Waals surface area contributed by atoms with Gasteiger partial charge >= 0.3 is 0 Å². The molecule has 0 bridgehead atoms. The Morgan fingerprint density at radius 3 is 2.84 bits per heavy atom. The van der Waals surface area contributed by atoms with E-state index in [9.17, 15) is 9.59 Å². The van der Waals surface area contributed by atoms with Crippen LogP contribution in [0, 0.1) is 0 Å². The van der Waals surface area contributed by atoms with E-state index in [0.717, 1.165) is 10.2 Å². The third-order valence-electron chi connectivity index (χ3n) is 3.69. The number of carbonyl (C=O) groups excluding carboxylic acids is 2. The molecule has 2 N–H and O–H groups in total. The molecular weight excluding hydrogens is 342 g/mol. The number of hydrazine groups is 1. The first-order valence-electron chi connectivity index (χ1n) is 7.52. The van der Waals surface area contributed by atoms with Gasteiger partial charge in [-0.1, -0.05) is 12.1 Å². The van der Waals surface area contributed by atoms with Crippen molar-refractivity contribution < 1.29 is 19.1 Å². The Balaban J connectivity index is 1.37. The van der Waals surface area contributed by atoms with Gasteiger partial charge in [0.15, 0.2) is 11.5 Å². The van der Waals surface area contributed by atoms with Gasteiger partial charge in [0.05, 0.1) is 15.7 Å². The zero-order valence-corrected chi connectivity index (χ0v) is 13.7. The summed E-state index contributed by atoms with van der Waals surface area (Å²) in [5, 5.41) is 0. The van der Waals surface area contributed by atoms with Crippen LogP contribution in [0.25, 0.3) is 10.2 Å². The number of nitrogens with one attached hydrogen (secondary N) is 2. The molecule has 2 heterocycles. The highest BCUT2D eigenvalue weighted by molar-refractivity contribution is 7.16. The third-order valence-corrected chi connectivity index (χ3v) is 4.49. The molecule has 1 atom stereocenters. The van der Waals surface area contributed by atoms with Crippen LogP contribution in [0.5, 0.6) is 11.5 Å². The number of ether oxygens (including phenoxy) is 2. The van der Waals surface area contributed by atoms with Crippen LogP contribution in [-0.2, 0) is 4.79 Å². The van der Waals surface area contributed by atoms with Gasteiger partial charge in [0.1, 0.15) is 6.61 Å². The normalized spacial score (nSPS) is 15.6. The fourth-order valence-electron chi connectivity index (χ4n) is 2.42. The molecule has 1 unspecified atom stereocenters. The number of hydrogen-bond donors (Lipinski definition) is 2. The number of hydrogen-bond acceptors (Lipinski definition) is 6. The lowest BCUT2D eigenvalue weighted by molar-refractivity contribution is -0.131. The van der Waals surface area contributed by atoms with E-state index >= 15 is 0 Å². The molecule has 4 rings (SSSR count). The number of nitrogens with zero attached hydrogens (tertiary/aromatic N) is 1. The predicted molar refractivity (Wildman–Crippen MR) is 91.6 cm³/mol. The van der Waals surface area contributed by atoms with Crippen LogP contribution in [0.4, 0.5) is 0 Å². The minimum atomic E-state index is -0.834. The molecule has 0 saturated carbocycles. The smallest absolute Gasteiger partial charge is 0.283 e. The maximum absolute atomic E-state index is 12.2. The van der Waals surface area contributed by atoms with E-state index < -0.39 is 17.9 Å². The average molecular weight is 355 g/mol. The van der Waals surface area contributed by atoms with Gasteiger partial charge in [0.2, 0.25) is 6.10 Å². The molecule has 0 fully saturated rings. The second-order valence-electron chi connectivity index (χ2n) is 5.34. The van der Waals surface area contributed by atoms with Crippen molar-refractivity contribution in [1.29, 1.82) is 0 Å². The van der Waals surface area contributed by atoms with Crippen molar-refractivity contribution in [2.24, 2.45) is 0 Å². The summed E-state index contributed by atoms with van der Waals surface area (Å²) in [5.41, 5.74) is 7.73. The molecule has 8 heteroatoms. The minimum absolute atomic E-state index is 0.0749. The van der Waals surface area contributed by atoms with E-state index in [-0.39, 0.29) is 6.61 Å². The van der Waals surface area contributed by atoms with Crippen LogP contribution >= 0.6 is 11.3 Å². The largest absolute Gasteiger partial charge is 0.485 e. The van der Waals surface area contributed by atoms with Crippen molar-refractivity contribution in [1.82, 2.24) is 15.8 Å². The molecule has 1 aliphatic heterocycles. The van der Waals surface area contributed by atoms with E-state index in [1.165, 1.54) is 11.3 Å². The van der Waals surface area contributed by atoms with Gasteiger partial charge < -0.3 is 9.47 Å². The van der Waals surface area contributed by atoms with Gasteiger partial charge in [-0.15, -0.1) is 11.3 Å². The number of thiazole rings is 1. The van der Waals surface area contributed by atoms with E-state index in [1.807, 2.05) is 6.07 Å². The molecular formula is C17H13N3O4S. The van der Waals surface area contributed by atoms with Gasteiger partial charge in [-0.25, -0.2) is 4.98 Å². The predicted octanol–water partition coefficient (Wildman–Crippen LogP) is 1.90. The lowest BCUT2D eigenvalue weighted by Crippen LogP contribution is -2.50. The highest BCUT2D eigenvalue weighted by Crippen LogP contribution is 2.30. The first kappa shape index (κ1) is 15.4. The highest BCUT2D eigenvalue weighted by atomic mass is 32.1. The van der Waals surface area contributed by atoms with Crippen molar-refractivity contribution >= 4 is 33.4 Å². The number of benzene rings is 2. The van der Waals surface area contributed by atoms with Crippen LogP contribution in [0.3, 0.4) is 0 Å². The maximum atomic E-state index is 12.2. The fourth-order valence-corrected chi connectivity index (χ4v) is 3.13. The molecule has 25 heavy (non-hydrogen) atoms. The standard InChI is InChI=1S/C17H13N3O4S/c21-16(10-5-6-11-15(7-10)25-9-18-11)19-20-17(22)14-8-23-12-3-1-2-4-13(12)24-14/h1-7,9,14H,8H2,(H,19,21)(H,20,22). The van der Waals surface area contributed by atoms with Crippen molar-refractivity contribution in [2.45, 2.75) is 6.10 Å². The first-order chi connectivity index (χ1) is 12.2. The molecule has 126 valence electrons. The molecule has 2 amide bonds. The van der Waals surface area contributed by atoms with Crippen LogP contribution < -0.4 is 20.3 Å². The van der Waals surface area contributed by atoms with Crippen molar-refractivity contribution in [2.75, 3.05) is 6.61 Å². The summed E-state index contributed by atoms with van der Waals surface area (Å²) in [4.78, 5) is 28.5. The Hall–Kier alpha value is -3.13. The Morgan fingerprint density at radius 1 is 1.12 bits per heavy atom. The van der Waals surface area contributed by atoms with Gasteiger partial charge in [-0.3, -0.25) is 20.4 Å². The first-order valence-corrected chi connectivity index (χ1v) is 8.40. The Morgan fingerprint density at radius 2 is 1.96 bits per heavy atom. The molecule has 1 aliphatic rings. The molecule has 0 spiro atoms. The van der Waals surface area contributed by atoms with Crippen molar-refractivity contribution in [3.63, 3.8) is 0 Å². The quantitative estimate of drug-likeness (QED) is 0.685. The van der Waals surface area contributed by atoms with Crippen LogP contribution in [0.2, 0.25) is 0 Å². The Bertz CT molecular complexity index is 956. The van der Waals surface area contributed by atoms with Crippen LogP contribution in [0.15, 0.2) is 48.0 Å². The lowest BCUT2D eigenvalue weighted by atomic mass is 10.2. The summed E-state index contributed by atoms with van der Waals surface area (Å²) in [5.74, 6) is 0.187. The van der Waals surface area contributed by atoms with E-state index in [1.54, 1.807) is 41.9 Å². The molecule has 0 saturated heterocycles. The molecule has 1 aromatic heterocycles. The zero-order valence-electron chi connectivity index (χ0n) is 12.9. The SMILES string of the molecule is O=C(NNC(=O)C1COc2ccccc2O1)c1ccc2ncsc2c1. The summed E-state index contributed by atoms with van der Waals surface area (Å²) in [6, 6.07) is 12.2. The maximum Gasteiger partial charge on any atom is 0.283 e. The average Bonchev–Trinajstić information content (AvgIpc) is 3.13. The van der Waals surface area contributed by atoms with Crippen LogP contribution in [-0.4, -0.2) is 29.5 Å².